The average molecular weight is 535 g/mol. The van der Waals surface area contributed by atoms with Gasteiger partial charge in [0.05, 0.1) is 37.0 Å². The molecule has 0 spiro atoms. The van der Waals surface area contributed by atoms with Gasteiger partial charge in [-0.3, -0.25) is 19.7 Å². The molecule has 3 aromatic rings. The summed E-state index contributed by atoms with van der Waals surface area (Å²) in [6.07, 6.45) is 1.14. The highest BCUT2D eigenvalue weighted by Gasteiger charge is 2.25. The Hall–Kier alpha value is -4.93. The van der Waals surface area contributed by atoms with E-state index in [2.05, 4.69) is 15.8 Å². The third-order valence-electron chi connectivity index (χ3n) is 5.71. The Morgan fingerprint density at radius 2 is 1.69 bits per heavy atom. The zero-order valence-corrected chi connectivity index (χ0v) is 22.0. The summed E-state index contributed by atoms with van der Waals surface area (Å²) < 4.78 is 16.2. The van der Waals surface area contributed by atoms with Crippen LogP contribution in [0.15, 0.2) is 71.8 Å². The van der Waals surface area contributed by atoms with Gasteiger partial charge in [-0.1, -0.05) is 44.2 Å². The zero-order chi connectivity index (χ0) is 28.4. The number of hydrazone groups is 1. The van der Waals surface area contributed by atoms with Gasteiger partial charge in [0, 0.05) is 5.56 Å². The van der Waals surface area contributed by atoms with Crippen LogP contribution in [0.25, 0.3) is 0 Å². The van der Waals surface area contributed by atoms with E-state index >= 15 is 0 Å². The van der Waals surface area contributed by atoms with Crippen molar-refractivity contribution in [2.24, 2.45) is 11.0 Å². The van der Waals surface area contributed by atoms with Crippen LogP contribution in [-0.4, -0.2) is 43.2 Å². The standard InChI is InChI=1S/C28H30N4O7/c1-18(2)26(30-27(33)20-10-12-22(37-3)13-11-20)28(34)31-29-16-21-14-24(38-4)25(15-23(21)32(35)36)39-17-19-8-6-5-7-9-19/h5-16,18,26H,17H2,1-4H3,(H,30,33)(H,31,34). The number of carbonyl (C=O) groups is 2. The van der Waals surface area contributed by atoms with Gasteiger partial charge in [-0.2, -0.15) is 5.10 Å². The molecule has 11 nitrogen and oxygen atoms in total. The fourth-order valence-corrected chi connectivity index (χ4v) is 3.57. The van der Waals surface area contributed by atoms with Crippen molar-refractivity contribution in [1.29, 1.82) is 0 Å². The Balaban J connectivity index is 1.73. The molecule has 0 radical (unpaired) electrons. The predicted molar refractivity (Wildman–Crippen MR) is 145 cm³/mol. The third kappa shape index (κ3) is 7.78. The summed E-state index contributed by atoms with van der Waals surface area (Å²) in [5.41, 5.74) is 3.40. The maximum absolute atomic E-state index is 12.8. The first-order chi connectivity index (χ1) is 18.7. The Kier molecular flexibility index (Phi) is 9.96. The summed E-state index contributed by atoms with van der Waals surface area (Å²) in [5.74, 6) is -0.243. The van der Waals surface area contributed by atoms with Gasteiger partial charge in [0.2, 0.25) is 0 Å². The molecule has 2 amide bonds. The molecule has 0 heterocycles. The van der Waals surface area contributed by atoms with Gasteiger partial charge in [0.25, 0.3) is 17.5 Å². The minimum absolute atomic E-state index is 0.0903. The van der Waals surface area contributed by atoms with Crippen LogP contribution in [0.1, 0.15) is 35.3 Å². The molecule has 0 bridgehead atoms. The van der Waals surface area contributed by atoms with E-state index in [1.165, 1.54) is 26.4 Å². The number of nitro benzene ring substituents is 1. The lowest BCUT2D eigenvalue weighted by Crippen LogP contribution is -2.48. The van der Waals surface area contributed by atoms with Crippen molar-refractivity contribution in [3.05, 3.63) is 93.5 Å². The Labute approximate surface area is 225 Å². The summed E-state index contributed by atoms with van der Waals surface area (Å²) in [6, 6.07) is 17.5. The molecule has 0 saturated carbocycles. The number of hydrogen-bond acceptors (Lipinski definition) is 8. The van der Waals surface area contributed by atoms with E-state index in [1.807, 2.05) is 30.3 Å². The monoisotopic (exact) mass is 534 g/mol. The largest absolute Gasteiger partial charge is 0.497 e. The first kappa shape index (κ1) is 28.6. The molecule has 204 valence electrons. The van der Waals surface area contributed by atoms with Crippen LogP contribution in [0.5, 0.6) is 17.2 Å². The van der Waals surface area contributed by atoms with Crippen LogP contribution in [0.4, 0.5) is 5.69 Å². The summed E-state index contributed by atoms with van der Waals surface area (Å²) in [5, 5.41) is 18.3. The molecule has 11 heteroatoms. The molecule has 3 rings (SSSR count). The summed E-state index contributed by atoms with van der Waals surface area (Å²) in [4.78, 5) is 36.6. The molecule has 0 aromatic heterocycles. The van der Waals surface area contributed by atoms with Gasteiger partial charge in [-0.15, -0.1) is 0 Å². The van der Waals surface area contributed by atoms with Crippen LogP contribution >= 0.6 is 0 Å². The quantitative estimate of drug-likeness (QED) is 0.202. The fourth-order valence-electron chi connectivity index (χ4n) is 3.57. The summed E-state index contributed by atoms with van der Waals surface area (Å²) >= 11 is 0. The van der Waals surface area contributed by atoms with E-state index in [9.17, 15) is 19.7 Å². The van der Waals surface area contributed by atoms with Gasteiger partial charge in [0.1, 0.15) is 18.4 Å². The number of nitrogens with zero attached hydrogens (tertiary/aromatic N) is 2. The first-order valence-electron chi connectivity index (χ1n) is 12.0. The number of methoxy groups -OCH3 is 2. The van der Waals surface area contributed by atoms with Crippen molar-refractivity contribution < 1.29 is 28.7 Å². The van der Waals surface area contributed by atoms with Gasteiger partial charge >= 0.3 is 0 Å². The van der Waals surface area contributed by atoms with Crippen LogP contribution in [-0.2, 0) is 11.4 Å². The van der Waals surface area contributed by atoms with Crippen molar-refractivity contribution in [3.8, 4) is 17.2 Å². The topological polar surface area (TPSA) is 141 Å². The van der Waals surface area contributed by atoms with E-state index < -0.39 is 22.8 Å². The number of rotatable bonds is 12. The maximum atomic E-state index is 12.8. The van der Waals surface area contributed by atoms with Crippen LogP contribution in [0.2, 0.25) is 0 Å². The van der Waals surface area contributed by atoms with E-state index in [0.717, 1.165) is 11.8 Å². The van der Waals surface area contributed by atoms with Crippen molar-refractivity contribution in [2.75, 3.05) is 14.2 Å². The van der Waals surface area contributed by atoms with Crippen molar-refractivity contribution in [2.45, 2.75) is 26.5 Å². The Bertz CT molecular complexity index is 1330. The second-order valence-corrected chi connectivity index (χ2v) is 8.75. The normalized spacial score (nSPS) is 11.6. The van der Waals surface area contributed by atoms with Crippen LogP contribution in [0.3, 0.4) is 0 Å². The van der Waals surface area contributed by atoms with Gasteiger partial charge in [-0.25, -0.2) is 5.43 Å². The van der Waals surface area contributed by atoms with Crippen LogP contribution in [0, 0.1) is 16.0 Å². The molecule has 0 fully saturated rings. The van der Waals surface area contributed by atoms with Gasteiger partial charge in [0.15, 0.2) is 11.5 Å². The highest BCUT2D eigenvalue weighted by atomic mass is 16.6. The average Bonchev–Trinajstić information content (AvgIpc) is 2.94. The lowest BCUT2D eigenvalue weighted by molar-refractivity contribution is -0.385. The third-order valence-corrected chi connectivity index (χ3v) is 5.71. The van der Waals surface area contributed by atoms with Crippen molar-refractivity contribution in [1.82, 2.24) is 10.7 Å². The Morgan fingerprint density at radius 3 is 2.28 bits per heavy atom. The molecule has 0 aliphatic carbocycles. The molecular weight excluding hydrogens is 504 g/mol. The minimum Gasteiger partial charge on any atom is -0.497 e. The maximum Gasteiger partial charge on any atom is 0.282 e. The lowest BCUT2D eigenvalue weighted by atomic mass is 10.0. The van der Waals surface area contributed by atoms with Crippen molar-refractivity contribution >= 4 is 23.7 Å². The molecule has 1 unspecified atom stereocenters. The SMILES string of the molecule is COc1ccc(C(=O)NC(C(=O)NN=Cc2cc(OC)c(OCc3ccccc3)cc2[N+](=O)[O-])C(C)C)cc1. The molecule has 2 N–H and O–H groups in total. The number of ether oxygens (including phenoxy) is 3. The molecule has 0 aliphatic rings. The lowest BCUT2D eigenvalue weighted by Gasteiger charge is -2.20. The van der Waals surface area contributed by atoms with E-state index in [0.29, 0.717) is 11.3 Å². The number of carbonyl (C=O) groups excluding carboxylic acids is 2. The predicted octanol–water partition coefficient (Wildman–Crippen LogP) is 4.10. The van der Waals surface area contributed by atoms with E-state index in [-0.39, 0.29) is 35.3 Å². The molecule has 3 aromatic carbocycles. The highest BCUT2D eigenvalue weighted by Crippen LogP contribution is 2.34. The van der Waals surface area contributed by atoms with Gasteiger partial charge in [-0.05, 0) is 41.8 Å². The molecular formula is C28H30N4O7. The number of nitro groups is 1. The second kappa shape index (κ2) is 13.6. The van der Waals surface area contributed by atoms with E-state index in [1.54, 1.807) is 38.1 Å². The number of amides is 2. The van der Waals surface area contributed by atoms with E-state index in [4.69, 9.17) is 14.2 Å². The molecule has 1 atom stereocenters. The first-order valence-corrected chi connectivity index (χ1v) is 12.0. The smallest absolute Gasteiger partial charge is 0.282 e. The molecule has 39 heavy (non-hydrogen) atoms. The Morgan fingerprint density at radius 1 is 1.00 bits per heavy atom. The highest BCUT2D eigenvalue weighted by molar-refractivity contribution is 5.98. The van der Waals surface area contributed by atoms with Crippen LogP contribution < -0.4 is 25.0 Å². The molecule has 0 aliphatic heterocycles. The summed E-state index contributed by atoms with van der Waals surface area (Å²) in [7, 11) is 2.94. The number of hydrogen-bond donors (Lipinski definition) is 2. The molecule has 0 saturated heterocycles. The minimum atomic E-state index is -0.907. The number of benzene rings is 3. The van der Waals surface area contributed by atoms with Crippen molar-refractivity contribution in [3.63, 3.8) is 0 Å². The number of nitrogens with one attached hydrogen (secondary N) is 2. The zero-order valence-electron chi connectivity index (χ0n) is 22.0. The second-order valence-electron chi connectivity index (χ2n) is 8.75. The fraction of sp³-hybridized carbons (Fsp3) is 0.250. The summed E-state index contributed by atoms with van der Waals surface area (Å²) in [6.45, 7) is 3.73. The van der Waals surface area contributed by atoms with Gasteiger partial charge < -0.3 is 19.5 Å².